The second kappa shape index (κ2) is 6.46. The van der Waals surface area contributed by atoms with Crippen LogP contribution in [0.3, 0.4) is 0 Å². The smallest absolute Gasteiger partial charge is 0.344 e. The van der Waals surface area contributed by atoms with Crippen molar-refractivity contribution in [2.75, 3.05) is 6.61 Å². The van der Waals surface area contributed by atoms with E-state index < -0.39 is 49.0 Å². The van der Waals surface area contributed by atoms with Crippen molar-refractivity contribution < 1.29 is 44.9 Å². The molecule has 1 heterocycles. The van der Waals surface area contributed by atoms with Gasteiger partial charge in [0.25, 0.3) is 0 Å². The molecule has 1 aliphatic rings. The third-order valence-corrected chi connectivity index (χ3v) is 3.27. The van der Waals surface area contributed by atoms with Gasteiger partial charge in [-0.05, 0) is 18.2 Å². The standard InChI is InChI=1S/C13H16O9/c14-4-8-9(17)10(18)11(19)13(21-8)22-12(20)6-3-5(15)1-2-7(6)16/h1-3,8-11,13-19H,4H2/t8-,9-,10+,11-,13+/m1/s1. The molecule has 0 unspecified atom stereocenters. The van der Waals surface area contributed by atoms with E-state index in [0.717, 1.165) is 18.2 Å². The van der Waals surface area contributed by atoms with Gasteiger partial charge in [0.1, 0.15) is 41.5 Å². The number of rotatable bonds is 3. The normalized spacial score (nSPS) is 31.7. The van der Waals surface area contributed by atoms with Crippen molar-refractivity contribution in [3.63, 3.8) is 0 Å². The summed E-state index contributed by atoms with van der Waals surface area (Å²) in [4.78, 5) is 11.9. The summed E-state index contributed by atoms with van der Waals surface area (Å²) < 4.78 is 9.81. The number of aliphatic hydroxyl groups excluding tert-OH is 4. The van der Waals surface area contributed by atoms with E-state index in [1.54, 1.807) is 0 Å². The van der Waals surface area contributed by atoms with E-state index in [1.165, 1.54) is 0 Å². The SMILES string of the molecule is O=C(O[C@@H]1O[C@H](CO)[C@@H](O)[C@H](O)[C@H]1O)c1cc(O)ccc1O. The second-order valence-electron chi connectivity index (χ2n) is 4.80. The maximum Gasteiger partial charge on any atom is 0.344 e. The minimum Gasteiger partial charge on any atom is -0.508 e. The van der Waals surface area contributed by atoms with Gasteiger partial charge < -0.3 is 40.1 Å². The largest absolute Gasteiger partial charge is 0.508 e. The highest BCUT2D eigenvalue weighted by molar-refractivity contribution is 5.92. The van der Waals surface area contributed by atoms with E-state index >= 15 is 0 Å². The van der Waals surface area contributed by atoms with Crippen LogP contribution in [0.4, 0.5) is 0 Å². The van der Waals surface area contributed by atoms with Crippen LogP contribution >= 0.6 is 0 Å². The summed E-state index contributed by atoms with van der Waals surface area (Å²) in [7, 11) is 0. The lowest BCUT2D eigenvalue weighted by molar-refractivity contribution is -0.285. The number of carbonyl (C=O) groups is 1. The number of benzene rings is 1. The predicted molar refractivity (Wildman–Crippen MR) is 69.0 cm³/mol. The van der Waals surface area contributed by atoms with Gasteiger partial charge in [-0.25, -0.2) is 4.79 Å². The summed E-state index contributed by atoms with van der Waals surface area (Å²) in [5, 5.41) is 56.8. The number of esters is 1. The molecule has 0 saturated carbocycles. The van der Waals surface area contributed by atoms with E-state index in [1.807, 2.05) is 0 Å². The molecule has 1 saturated heterocycles. The Morgan fingerprint density at radius 1 is 1.14 bits per heavy atom. The van der Waals surface area contributed by atoms with Gasteiger partial charge in [0.15, 0.2) is 0 Å². The lowest BCUT2D eigenvalue weighted by Crippen LogP contribution is -2.59. The quantitative estimate of drug-likeness (QED) is 0.275. The van der Waals surface area contributed by atoms with Crippen LogP contribution in [0.15, 0.2) is 18.2 Å². The first-order valence-electron chi connectivity index (χ1n) is 6.38. The Hall–Kier alpha value is -1.91. The van der Waals surface area contributed by atoms with E-state index in [2.05, 4.69) is 0 Å². The Morgan fingerprint density at radius 3 is 2.45 bits per heavy atom. The molecule has 9 heteroatoms. The lowest BCUT2D eigenvalue weighted by atomic mass is 9.99. The maximum absolute atomic E-state index is 11.9. The van der Waals surface area contributed by atoms with Gasteiger partial charge in [-0.15, -0.1) is 0 Å². The number of hydrogen-bond donors (Lipinski definition) is 6. The Morgan fingerprint density at radius 2 is 1.82 bits per heavy atom. The van der Waals surface area contributed by atoms with Crippen LogP contribution in [0.25, 0.3) is 0 Å². The van der Waals surface area contributed by atoms with Crippen molar-refractivity contribution in [2.45, 2.75) is 30.7 Å². The van der Waals surface area contributed by atoms with Gasteiger partial charge in [0.2, 0.25) is 6.29 Å². The molecule has 1 aliphatic heterocycles. The zero-order valence-electron chi connectivity index (χ0n) is 11.2. The van der Waals surface area contributed by atoms with Crippen molar-refractivity contribution in [1.29, 1.82) is 0 Å². The summed E-state index contributed by atoms with van der Waals surface area (Å²) in [6, 6.07) is 3.17. The number of phenolic OH excluding ortho intramolecular Hbond substituents is 2. The molecule has 0 bridgehead atoms. The monoisotopic (exact) mass is 316 g/mol. The van der Waals surface area contributed by atoms with E-state index in [0.29, 0.717) is 0 Å². The number of carbonyl (C=O) groups excluding carboxylic acids is 1. The van der Waals surface area contributed by atoms with E-state index in [9.17, 15) is 30.3 Å². The molecule has 2 rings (SSSR count). The molecular formula is C13H16O9. The molecule has 6 N–H and O–H groups in total. The fourth-order valence-electron chi connectivity index (χ4n) is 2.02. The summed E-state index contributed by atoms with van der Waals surface area (Å²) in [5.74, 6) is -1.89. The van der Waals surface area contributed by atoms with Gasteiger partial charge >= 0.3 is 5.97 Å². The number of phenols is 2. The molecule has 0 aromatic heterocycles. The van der Waals surface area contributed by atoms with Crippen LogP contribution in [0, 0.1) is 0 Å². The molecule has 1 aromatic rings. The van der Waals surface area contributed by atoms with Crippen molar-refractivity contribution in [3.8, 4) is 11.5 Å². The molecule has 5 atom stereocenters. The van der Waals surface area contributed by atoms with Gasteiger partial charge in [-0.2, -0.15) is 0 Å². The highest BCUT2D eigenvalue weighted by Crippen LogP contribution is 2.26. The summed E-state index contributed by atoms with van der Waals surface area (Å²) in [6.07, 6.45) is -7.91. The average Bonchev–Trinajstić information content (AvgIpc) is 2.50. The minimum atomic E-state index is -1.75. The van der Waals surface area contributed by atoms with Crippen LogP contribution in [0.1, 0.15) is 10.4 Å². The molecule has 0 radical (unpaired) electrons. The van der Waals surface area contributed by atoms with E-state index in [4.69, 9.17) is 14.6 Å². The van der Waals surface area contributed by atoms with Crippen molar-refractivity contribution in [3.05, 3.63) is 23.8 Å². The van der Waals surface area contributed by atoms with Gasteiger partial charge in [0, 0.05) is 0 Å². The highest BCUT2D eigenvalue weighted by atomic mass is 16.7. The van der Waals surface area contributed by atoms with Crippen LogP contribution in [0.2, 0.25) is 0 Å². The summed E-state index contributed by atoms with van der Waals surface area (Å²) >= 11 is 0. The Labute approximate surface area is 124 Å². The van der Waals surface area contributed by atoms with Gasteiger partial charge in [-0.3, -0.25) is 0 Å². The molecule has 22 heavy (non-hydrogen) atoms. The number of aliphatic hydroxyl groups is 4. The molecule has 1 aromatic carbocycles. The Kier molecular flexibility index (Phi) is 4.84. The first-order chi connectivity index (χ1) is 10.3. The summed E-state index contributed by atoms with van der Waals surface area (Å²) in [5.41, 5.74) is -0.378. The molecule has 0 aliphatic carbocycles. The number of ether oxygens (including phenoxy) is 2. The average molecular weight is 316 g/mol. The third kappa shape index (κ3) is 3.13. The molecule has 0 amide bonds. The third-order valence-electron chi connectivity index (χ3n) is 3.27. The van der Waals surface area contributed by atoms with Crippen LogP contribution in [-0.4, -0.2) is 73.9 Å². The van der Waals surface area contributed by atoms with Crippen LogP contribution in [0.5, 0.6) is 11.5 Å². The predicted octanol–water partition coefficient (Wildman–Crippen LogP) is -1.95. The molecule has 122 valence electrons. The molecule has 1 fully saturated rings. The van der Waals surface area contributed by atoms with Crippen LogP contribution in [-0.2, 0) is 9.47 Å². The fourth-order valence-corrected chi connectivity index (χ4v) is 2.02. The van der Waals surface area contributed by atoms with Crippen molar-refractivity contribution in [1.82, 2.24) is 0 Å². The van der Waals surface area contributed by atoms with E-state index in [-0.39, 0.29) is 11.3 Å². The first kappa shape index (κ1) is 16.5. The lowest BCUT2D eigenvalue weighted by Gasteiger charge is -2.39. The topological polar surface area (TPSA) is 157 Å². The molecular weight excluding hydrogens is 300 g/mol. The van der Waals surface area contributed by atoms with Crippen LogP contribution < -0.4 is 0 Å². The van der Waals surface area contributed by atoms with Crippen molar-refractivity contribution in [2.24, 2.45) is 0 Å². The van der Waals surface area contributed by atoms with Gasteiger partial charge in [-0.1, -0.05) is 0 Å². The van der Waals surface area contributed by atoms with Crippen molar-refractivity contribution >= 4 is 5.97 Å². The Balaban J connectivity index is 2.15. The minimum absolute atomic E-state index is 0.293. The maximum atomic E-state index is 11.9. The molecule has 9 nitrogen and oxygen atoms in total. The number of hydrogen-bond acceptors (Lipinski definition) is 9. The summed E-state index contributed by atoms with van der Waals surface area (Å²) in [6.45, 7) is -0.670. The Bertz CT molecular complexity index is 544. The highest BCUT2D eigenvalue weighted by Gasteiger charge is 2.45. The zero-order valence-corrected chi connectivity index (χ0v) is 11.2. The molecule has 0 spiro atoms. The fraction of sp³-hybridized carbons (Fsp3) is 0.462. The zero-order chi connectivity index (χ0) is 16.4. The van der Waals surface area contributed by atoms with Gasteiger partial charge in [0.05, 0.1) is 6.61 Å². The second-order valence-corrected chi connectivity index (χ2v) is 4.80. The first-order valence-corrected chi connectivity index (χ1v) is 6.38. The number of aromatic hydroxyl groups is 2.